The van der Waals surface area contributed by atoms with Crippen LogP contribution < -0.4 is 0 Å². The average Bonchev–Trinajstić information content (AvgIpc) is 3.72. The van der Waals surface area contributed by atoms with Gasteiger partial charge in [-0.15, -0.1) is 0 Å². The number of para-hydroxylation sites is 2. The first-order valence-corrected chi connectivity index (χ1v) is 15.7. The van der Waals surface area contributed by atoms with Crippen LogP contribution in [0, 0.1) is 22.7 Å². The van der Waals surface area contributed by atoms with E-state index in [1.54, 1.807) is 18.2 Å². The molecule has 0 saturated heterocycles. The maximum absolute atomic E-state index is 10.4. The molecule has 0 saturated carbocycles. The van der Waals surface area contributed by atoms with E-state index in [9.17, 15) is 10.5 Å². The molecule has 2 heterocycles. The van der Waals surface area contributed by atoms with Crippen molar-refractivity contribution >= 4 is 43.9 Å². The van der Waals surface area contributed by atoms with Crippen molar-refractivity contribution in [3.63, 3.8) is 0 Å². The Balaban J connectivity index is 1.44. The quantitative estimate of drug-likeness (QED) is 0.198. The Bertz CT molecular complexity index is 2640. The molecule has 9 rings (SSSR count). The largest absolute Gasteiger partial charge is 0.456 e. The molecule has 0 unspecified atom stereocenters. The highest BCUT2D eigenvalue weighted by atomic mass is 16.3. The maximum Gasteiger partial charge on any atom is 0.135 e. The summed E-state index contributed by atoms with van der Waals surface area (Å²) in [5.41, 5.74) is 11.4. The molecule has 0 fully saturated rings. The van der Waals surface area contributed by atoms with E-state index >= 15 is 0 Å². The first-order valence-electron chi connectivity index (χ1n) is 15.7. The molecule has 222 valence electrons. The number of nitriles is 2. The SMILES string of the molecule is N#Cc1cccc(C#N)c1-c1c(-c2ccc3oc4ccccc4c3c2)cc(-c2ccccc2)cc1-c1ccc2oc3ccccc3c2c1. The second kappa shape index (κ2) is 10.9. The van der Waals surface area contributed by atoms with Crippen molar-refractivity contribution in [2.24, 2.45) is 0 Å². The summed E-state index contributed by atoms with van der Waals surface area (Å²) in [6.45, 7) is 0. The smallest absolute Gasteiger partial charge is 0.135 e. The summed E-state index contributed by atoms with van der Waals surface area (Å²) < 4.78 is 12.4. The molecule has 7 aromatic carbocycles. The molecule has 0 aliphatic rings. The zero-order valence-corrected chi connectivity index (χ0v) is 25.6. The first kappa shape index (κ1) is 27.4. The summed E-state index contributed by atoms with van der Waals surface area (Å²) >= 11 is 0. The first-order chi connectivity index (χ1) is 23.7. The number of nitrogens with zero attached hydrogens (tertiary/aromatic N) is 2. The monoisotopic (exact) mass is 612 g/mol. The van der Waals surface area contributed by atoms with Crippen molar-refractivity contribution in [1.82, 2.24) is 0 Å². The minimum absolute atomic E-state index is 0.439. The van der Waals surface area contributed by atoms with E-state index in [2.05, 4.69) is 72.8 Å². The van der Waals surface area contributed by atoms with Crippen molar-refractivity contribution < 1.29 is 8.83 Å². The lowest BCUT2D eigenvalue weighted by Gasteiger charge is -2.21. The molecule has 0 atom stereocenters. The summed E-state index contributed by atoms with van der Waals surface area (Å²) in [7, 11) is 0. The van der Waals surface area contributed by atoms with Crippen LogP contribution in [0.2, 0.25) is 0 Å². The van der Waals surface area contributed by atoms with Crippen LogP contribution in [-0.2, 0) is 0 Å². The third kappa shape index (κ3) is 4.29. The molecule has 4 nitrogen and oxygen atoms in total. The molecular weight excluding hydrogens is 588 g/mol. The van der Waals surface area contributed by atoms with Crippen LogP contribution in [0.3, 0.4) is 0 Å². The van der Waals surface area contributed by atoms with Crippen molar-refractivity contribution in [1.29, 1.82) is 10.5 Å². The van der Waals surface area contributed by atoms with Crippen LogP contribution in [0.15, 0.2) is 154 Å². The predicted octanol–water partition coefficient (Wildman–Crippen LogP) is 11.9. The van der Waals surface area contributed by atoms with Crippen LogP contribution >= 0.6 is 0 Å². The van der Waals surface area contributed by atoms with Gasteiger partial charge in [0, 0.05) is 32.7 Å². The molecule has 0 radical (unpaired) electrons. The molecule has 4 heteroatoms. The molecule has 0 aliphatic heterocycles. The molecule has 9 aromatic rings. The fourth-order valence-electron chi connectivity index (χ4n) is 6.96. The van der Waals surface area contributed by atoms with E-state index < -0.39 is 0 Å². The standard InChI is InChI=1S/C44H24N2O2/c45-25-30-11-8-12-31(26-46)43(30)44-35(28-17-19-41-37(21-28)33-13-4-6-15-39(33)47-41)23-32(27-9-2-1-3-10-27)24-36(44)29-18-20-42-38(22-29)34-14-5-7-16-40(34)48-42/h1-24H. The van der Waals surface area contributed by atoms with Gasteiger partial charge in [0.1, 0.15) is 22.3 Å². The molecule has 0 amide bonds. The maximum atomic E-state index is 10.4. The lowest BCUT2D eigenvalue weighted by molar-refractivity contribution is 0.668. The molecule has 48 heavy (non-hydrogen) atoms. The Morgan fingerprint density at radius 3 is 1.35 bits per heavy atom. The van der Waals surface area contributed by atoms with Crippen molar-refractivity contribution in [3.8, 4) is 56.6 Å². The van der Waals surface area contributed by atoms with Crippen LogP contribution in [0.1, 0.15) is 11.1 Å². The number of rotatable bonds is 4. The highest BCUT2D eigenvalue weighted by molar-refractivity contribution is 6.10. The van der Waals surface area contributed by atoms with Crippen molar-refractivity contribution in [2.45, 2.75) is 0 Å². The highest BCUT2D eigenvalue weighted by Gasteiger charge is 2.23. The average molecular weight is 613 g/mol. The highest BCUT2D eigenvalue weighted by Crippen LogP contribution is 2.47. The Morgan fingerprint density at radius 1 is 0.354 bits per heavy atom. The van der Waals surface area contributed by atoms with Gasteiger partial charge in [0.2, 0.25) is 0 Å². The van der Waals surface area contributed by atoms with Gasteiger partial charge < -0.3 is 8.83 Å². The second-order valence-electron chi connectivity index (χ2n) is 11.9. The van der Waals surface area contributed by atoms with Gasteiger partial charge in [-0.2, -0.15) is 10.5 Å². The number of fused-ring (bicyclic) bond motifs is 6. The summed E-state index contributed by atoms with van der Waals surface area (Å²) in [6.07, 6.45) is 0. The van der Waals surface area contributed by atoms with Gasteiger partial charge in [-0.05, 0) is 94.0 Å². The zero-order chi connectivity index (χ0) is 32.2. The van der Waals surface area contributed by atoms with Crippen molar-refractivity contribution in [2.75, 3.05) is 0 Å². The Morgan fingerprint density at radius 2 is 0.833 bits per heavy atom. The molecule has 0 bridgehead atoms. The van der Waals surface area contributed by atoms with Gasteiger partial charge in [-0.25, -0.2) is 0 Å². The fraction of sp³-hybridized carbons (Fsp3) is 0. The third-order valence-electron chi connectivity index (χ3n) is 9.18. The molecule has 2 aromatic heterocycles. The van der Waals surface area contributed by atoms with Crippen LogP contribution in [0.25, 0.3) is 88.4 Å². The van der Waals surface area contributed by atoms with E-state index in [4.69, 9.17) is 8.83 Å². The Kier molecular flexibility index (Phi) is 6.22. The lowest BCUT2D eigenvalue weighted by atomic mass is 9.81. The minimum Gasteiger partial charge on any atom is -0.456 e. The van der Waals surface area contributed by atoms with Crippen LogP contribution in [0.4, 0.5) is 0 Å². The van der Waals surface area contributed by atoms with E-state index in [0.29, 0.717) is 16.7 Å². The molecular formula is C44H24N2O2. The normalized spacial score (nSPS) is 11.3. The summed E-state index contributed by atoms with van der Waals surface area (Å²) in [4.78, 5) is 0. The zero-order valence-electron chi connectivity index (χ0n) is 25.6. The molecule has 0 aliphatic carbocycles. The van der Waals surface area contributed by atoms with Crippen molar-refractivity contribution in [3.05, 3.63) is 157 Å². The minimum atomic E-state index is 0.439. The second-order valence-corrected chi connectivity index (χ2v) is 11.9. The summed E-state index contributed by atoms with van der Waals surface area (Å²) in [5, 5.41) is 24.9. The van der Waals surface area contributed by atoms with E-state index in [1.165, 1.54) is 0 Å². The van der Waals surface area contributed by atoms with Gasteiger partial charge in [0.15, 0.2) is 0 Å². The third-order valence-corrected chi connectivity index (χ3v) is 9.18. The van der Waals surface area contributed by atoms with Crippen LogP contribution in [0.5, 0.6) is 0 Å². The Hall–Kier alpha value is -6.88. The van der Waals surface area contributed by atoms with Gasteiger partial charge in [0.25, 0.3) is 0 Å². The van der Waals surface area contributed by atoms with Gasteiger partial charge in [-0.3, -0.25) is 0 Å². The molecule has 0 N–H and O–H groups in total. The number of hydrogen-bond acceptors (Lipinski definition) is 4. The topological polar surface area (TPSA) is 73.9 Å². The summed E-state index contributed by atoms with van der Waals surface area (Å²) in [6, 6.07) is 53.3. The van der Waals surface area contributed by atoms with Gasteiger partial charge >= 0.3 is 0 Å². The lowest BCUT2D eigenvalue weighted by Crippen LogP contribution is -1.97. The predicted molar refractivity (Wildman–Crippen MR) is 192 cm³/mol. The number of furan rings is 2. The Labute approximate surface area is 275 Å². The van der Waals surface area contributed by atoms with Gasteiger partial charge in [-0.1, -0.05) is 84.9 Å². The van der Waals surface area contributed by atoms with Gasteiger partial charge in [0.05, 0.1) is 23.3 Å². The molecule has 0 spiro atoms. The van der Waals surface area contributed by atoms with Crippen LogP contribution in [-0.4, -0.2) is 0 Å². The van der Waals surface area contributed by atoms with E-state index in [-0.39, 0.29) is 0 Å². The summed E-state index contributed by atoms with van der Waals surface area (Å²) in [5.74, 6) is 0. The van der Waals surface area contributed by atoms with E-state index in [1.807, 2.05) is 66.7 Å². The number of benzene rings is 7. The fourth-order valence-corrected chi connectivity index (χ4v) is 6.96. The number of hydrogen-bond donors (Lipinski definition) is 0. The van der Waals surface area contributed by atoms with E-state index in [0.717, 1.165) is 82.8 Å².